The van der Waals surface area contributed by atoms with Gasteiger partial charge in [-0.1, -0.05) is 18.3 Å². The van der Waals surface area contributed by atoms with Crippen LogP contribution in [0.15, 0.2) is 0 Å². The van der Waals surface area contributed by atoms with Gasteiger partial charge in [0, 0.05) is 14.1 Å². The SMILES string of the molecule is CCC(c1nnc(NC)s1)N(C)C(=O)O. The average molecular weight is 230 g/mol. The van der Waals surface area contributed by atoms with Crippen molar-refractivity contribution in [2.24, 2.45) is 0 Å². The molecule has 1 heterocycles. The number of rotatable bonds is 4. The van der Waals surface area contributed by atoms with E-state index >= 15 is 0 Å². The third-order valence-corrected chi connectivity index (χ3v) is 3.14. The van der Waals surface area contributed by atoms with Gasteiger partial charge in [-0.2, -0.15) is 0 Å². The number of hydrogen-bond donors (Lipinski definition) is 2. The Morgan fingerprint density at radius 3 is 2.73 bits per heavy atom. The van der Waals surface area contributed by atoms with Crippen LogP contribution in [0, 0.1) is 0 Å². The van der Waals surface area contributed by atoms with Crippen LogP contribution in [-0.4, -0.2) is 40.4 Å². The van der Waals surface area contributed by atoms with Crippen molar-refractivity contribution in [2.75, 3.05) is 19.4 Å². The maximum Gasteiger partial charge on any atom is 0.407 e. The van der Waals surface area contributed by atoms with E-state index < -0.39 is 6.09 Å². The molecule has 0 bridgehead atoms. The lowest BCUT2D eigenvalue weighted by molar-refractivity contribution is 0.137. The minimum absolute atomic E-state index is 0.220. The van der Waals surface area contributed by atoms with Crippen molar-refractivity contribution in [3.05, 3.63) is 5.01 Å². The Hall–Kier alpha value is -1.37. The zero-order valence-corrected chi connectivity index (χ0v) is 9.71. The van der Waals surface area contributed by atoms with E-state index in [-0.39, 0.29) is 6.04 Å². The molecule has 0 spiro atoms. The summed E-state index contributed by atoms with van der Waals surface area (Å²) in [7, 11) is 3.29. The smallest absolute Gasteiger partial charge is 0.407 e. The molecule has 0 saturated carbocycles. The molecule has 0 aromatic carbocycles. The van der Waals surface area contributed by atoms with E-state index in [0.717, 1.165) is 0 Å². The minimum Gasteiger partial charge on any atom is -0.465 e. The van der Waals surface area contributed by atoms with Gasteiger partial charge < -0.3 is 15.3 Å². The number of carboxylic acid groups (broad SMARTS) is 1. The van der Waals surface area contributed by atoms with Crippen molar-refractivity contribution < 1.29 is 9.90 Å². The summed E-state index contributed by atoms with van der Waals surface area (Å²) in [5.41, 5.74) is 0. The van der Waals surface area contributed by atoms with Crippen LogP contribution in [0.4, 0.5) is 9.93 Å². The maximum atomic E-state index is 10.8. The highest BCUT2D eigenvalue weighted by atomic mass is 32.1. The van der Waals surface area contributed by atoms with Gasteiger partial charge in [0.15, 0.2) is 0 Å². The van der Waals surface area contributed by atoms with Crippen LogP contribution in [0.25, 0.3) is 0 Å². The summed E-state index contributed by atoms with van der Waals surface area (Å²) in [4.78, 5) is 12.1. The third kappa shape index (κ3) is 2.56. The van der Waals surface area contributed by atoms with Crippen LogP contribution in [0.3, 0.4) is 0 Å². The van der Waals surface area contributed by atoms with E-state index in [1.807, 2.05) is 6.92 Å². The molecule has 84 valence electrons. The van der Waals surface area contributed by atoms with Crippen LogP contribution in [0.2, 0.25) is 0 Å². The number of nitrogens with zero attached hydrogens (tertiary/aromatic N) is 3. The topological polar surface area (TPSA) is 78.4 Å². The molecule has 1 amide bonds. The monoisotopic (exact) mass is 230 g/mol. The first-order valence-electron chi connectivity index (χ1n) is 4.57. The number of amides is 1. The summed E-state index contributed by atoms with van der Waals surface area (Å²) in [5, 5.41) is 21.0. The highest BCUT2D eigenvalue weighted by Gasteiger charge is 2.22. The predicted molar refractivity (Wildman–Crippen MR) is 58.3 cm³/mol. The van der Waals surface area contributed by atoms with Gasteiger partial charge in [0.05, 0.1) is 6.04 Å². The van der Waals surface area contributed by atoms with E-state index in [1.54, 1.807) is 7.05 Å². The molecule has 7 heteroatoms. The first-order valence-corrected chi connectivity index (χ1v) is 5.38. The standard InChI is InChI=1S/C8H14N4O2S/c1-4-5(12(3)8(13)14)6-10-11-7(9-2)15-6/h5H,4H2,1-3H3,(H,9,11)(H,13,14). The second kappa shape index (κ2) is 4.92. The van der Waals surface area contributed by atoms with Crippen molar-refractivity contribution in [1.29, 1.82) is 0 Å². The molecular weight excluding hydrogens is 216 g/mol. The van der Waals surface area contributed by atoms with Gasteiger partial charge in [0.25, 0.3) is 0 Å². The first-order chi connectivity index (χ1) is 7.10. The number of anilines is 1. The zero-order chi connectivity index (χ0) is 11.4. The third-order valence-electron chi connectivity index (χ3n) is 2.10. The highest BCUT2D eigenvalue weighted by Crippen LogP contribution is 2.27. The summed E-state index contributed by atoms with van der Waals surface area (Å²) in [6.45, 7) is 1.92. The van der Waals surface area contributed by atoms with Crippen LogP contribution in [-0.2, 0) is 0 Å². The van der Waals surface area contributed by atoms with Crippen LogP contribution in [0.1, 0.15) is 24.4 Å². The maximum absolute atomic E-state index is 10.8. The Bertz CT molecular complexity index is 341. The van der Waals surface area contributed by atoms with Gasteiger partial charge >= 0.3 is 6.09 Å². The van der Waals surface area contributed by atoms with E-state index in [2.05, 4.69) is 15.5 Å². The highest BCUT2D eigenvalue weighted by molar-refractivity contribution is 7.15. The van der Waals surface area contributed by atoms with Crippen LogP contribution >= 0.6 is 11.3 Å². The Balaban J connectivity index is 2.86. The molecule has 1 rings (SSSR count). The van der Waals surface area contributed by atoms with Gasteiger partial charge in [-0.3, -0.25) is 0 Å². The van der Waals surface area contributed by atoms with Crippen molar-refractivity contribution in [3.8, 4) is 0 Å². The number of carbonyl (C=O) groups is 1. The number of nitrogens with one attached hydrogen (secondary N) is 1. The molecule has 0 aliphatic rings. The van der Waals surface area contributed by atoms with Crippen molar-refractivity contribution >= 4 is 22.6 Å². The molecule has 0 radical (unpaired) electrons. The van der Waals surface area contributed by atoms with Gasteiger partial charge in [-0.15, -0.1) is 10.2 Å². The lowest BCUT2D eigenvalue weighted by Crippen LogP contribution is -2.29. The normalized spacial score (nSPS) is 12.2. The minimum atomic E-state index is -0.956. The molecule has 2 N–H and O–H groups in total. The average Bonchev–Trinajstić information content (AvgIpc) is 2.67. The Morgan fingerprint density at radius 1 is 1.67 bits per heavy atom. The van der Waals surface area contributed by atoms with E-state index in [1.165, 1.54) is 23.3 Å². The zero-order valence-electron chi connectivity index (χ0n) is 8.89. The van der Waals surface area contributed by atoms with Crippen molar-refractivity contribution in [3.63, 3.8) is 0 Å². The molecule has 1 aromatic heterocycles. The molecule has 1 unspecified atom stereocenters. The van der Waals surface area contributed by atoms with Gasteiger partial charge in [-0.25, -0.2) is 4.79 Å². The lowest BCUT2D eigenvalue weighted by Gasteiger charge is -2.21. The van der Waals surface area contributed by atoms with Crippen molar-refractivity contribution in [1.82, 2.24) is 15.1 Å². The Labute approximate surface area is 91.9 Å². The summed E-state index contributed by atoms with van der Waals surface area (Å²) >= 11 is 1.37. The van der Waals surface area contributed by atoms with E-state index in [9.17, 15) is 4.79 Å². The summed E-state index contributed by atoms with van der Waals surface area (Å²) in [6.07, 6.45) is -0.274. The molecule has 6 nitrogen and oxygen atoms in total. The Morgan fingerprint density at radius 2 is 2.33 bits per heavy atom. The van der Waals surface area contributed by atoms with Gasteiger partial charge in [0.2, 0.25) is 5.13 Å². The van der Waals surface area contributed by atoms with Gasteiger partial charge in [-0.05, 0) is 6.42 Å². The number of aromatic nitrogens is 2. The summed E-state index contributed by atoms with van der Waals surface area (Å²) in [5.74, 6) is 0. The molecular formula is C8H14N4O2S. The van der Waals surface area contributed by atoms with Gasteiger partial charge in [0.1, 0.15) is 5.01 Å². The van der Waals surface area contributed by atoms with E-state index in [0.29, 0.717) is 16.6 Å². The molecule has 1 aromatic rings. The molecule has 15 heavy (non-hydrogen) atoms. The van der Waals surface area contributed by atoms with Crippen LogP contribution in [0.5, 0.6) is 0 Å². The molecule has 1 atom stereocenters. The molecule has 0 saturated heterocycles. The summed E-state index contributed by atoms with van der Waals surface area (Å²) in [6, 6.07) is -0.220. The fraction of sp³-hybridized carbons (Fsp3) is 0.625. The van der Waals surface area contributed by atoms with E-state index in [4.69, 9.17) is 5.11 Å². The Kier molecular flexibility index (Phi) is 3.84. The molecule has 0 aliphatic carbocycles. The molecule has 0 aliphatic heterocycles. The second-order valence-corrected chi connectivity index (χ2v) is 4.02. The first kappa shape index (κ1) is 11.7. The number of hydrogen-bond acceptors (Lipinski definition) is 5. The summed E-state index contributed by atoms with van der Waals surface area (Å²) < 4.78 is 0. The quantitative estimate of drug-likeness (QED) is 0.822. The predicted octanol–water partition coefficient (Wildman–Crippen LogP) is 1.64. The van der Waals surface area contributed by atoms with Crippen LogP contribution < -0.4 is 5.32 Å². The fourth-order valence-corrected chi connectivity index (χ4v) is 2.14. The lowest BCUT2D eigenvalue weighted by atomic mass is 10.2. The second-order valence-electron chi connectivity index (χ2n) is 3.01. The fourth-order valence-electron chi connectivity index (χ4n) is 1.22. The molecule has 0 fully saturated rings. The van der Waals surface area contributed by atoms with Crippen molar-refractivity contribution in [2.45, 2.75) is 19.4 Å². The largest absolute Gasteiger partial charge is 0.465 e.